The Balaban J connectivity index is 1.74. The SMILES string of the molecule is COc1cccc([C@H](C(=O)NC2CCCCC2)N(Cc2ccccc2OC)C(=O)Cc2cccs2)c1. The Labute approximate surface area is 217 Å². The van der Waals surface area contributed by atoms with Crippen LogP contribution >= 0.6 is 11.3 Å². The maximum Gasteiger partial charge on any atom is 0.247 e. The zero-order valence-corrected chi connectivity index (χ0v) is 21.8. The fraction of sp³-hybridized carbons (Fsp3) is 0.379. The quantitative estimate of drug-likeness (QED) is 0.393. The smallest absolute Gasteiger partial charge is 0.247 e. The highest BCUT2D eigenvalue weighted by atomic mass is 32.1. The van der Waals surface area contributed by atoms with E-state index < -0.39 is 6.04 Å². The van der Waals surface area contributed by atoms with E-state index in [1.54, 1.807) is 30.5 Å². The van der Waals surface area contributed by atoms with E-state index in [4.69, 9.17) is 9.47 Å². The van der Waals surface area contributed by atoms with Gasteiger partial charge in [0.25, 0.3) is 0 Å². The molecule has 4 rings (SSSR count). The van der Waals surface area contributed by atoms with Crippen molar-refractivity contribution in [1.29, 1.82) is 0 Å². The molecule has 1 fully saturated rings. The molecular weight excluding hydrogens is 472 g/mol. The van der Waals surface area contributed by atoms with Crippen LogP contribution < -0.4 is 14.8 Å². The van der Waals surface area contributed by atoms with Gasteiger partial charge in [0.15, 0.2) is 0 Å². The number of rotatable bonds is 10. The number of hydrogen-bond donors (Lipinski definition) is 1. The molecule has 0 aliphatic heterocycles. The van der Waals surface area contributed by atoms with Crippen molar-refractivity contribution in [3.63, 3.8) is 0 Å². The number of methoxy groups -OCH3 is 2. The number of hydrogen-bond acceptors (Lipinski definition) is 5. The van der Waals surface area contributed by atoms with Gasteiger partial charge in [0.05, 0.1) is 27.2 Å². The van der Waals surface area contributed by atoms with Gasteiger partial charge in [-0.2, -0.15) is 0 Å². The number of carbonyl (C=O) groups excluding carboxylic acids is 2. The van der Waals surface area contributed by atoms with Crippen molar-refractivity contribution in [3.05, 3.63) is 82.0 Å². The molecule has 190 valence electrons. The third kappa shape index (κ3) is 6.46. The molecule has 0 bridgehead atoms. The van der Waals surface area contributed by atoms with Gasteiger partial charge in [0, 0.05) is 16.5 Å². The van der Waals surface area contributed by atoms with E-state index in [1.165, 1.54) is 6.42 Å². The van der Waals surface area contributed by atoms with Crippen LogP contribution in [0.5, 0.6) is 11.5 Å². The van der Waals surface area contributed by atoms with E-state index in [0.717, 1.165) is 41.7 Å². The molecule has 1 heterocycles. The Hall–Kier alpha value is -3.32. The largest absolute Gasteiger partial charge is 0.497 e. The summed E-state index contributed by atoms with van der Waals surface area (Å²) in [5.41, 5.74) is 1.56. The van der Waals surface area contributed by atoms with E-state index in [9.17, 15) is 9.59 Å². The van der Waals surface area contributed by atoms with Crippen molar-refractivity contribution < 1.29 is 19.1 Å². The van der Waals surface area contributed by atoms with Crippen molar-refractivity contribution in [2.24, 2.45) is 0 Å². The maximum absolute atomic E-state index is 13.9. The Morgan fingerprint density at radius 3 is 2.53 bits per heavy atom. The molecule has 7 heteroatoms. The maximum atomic E-state index is 13.9. The normalized spacial score (nSPS) is 14.6. The monoisotopic (exact) mass is 506 g/mol. The van der Waals surface area contributed by atoms with Crippen molar-refractivity contribution in [1.82, 2.24) is 10.2 Å². The van der Waals surface area contributed by atoms with E-state index >= 15 is 0 Å². The number of nitrogens with zero attached hydrogens (tertiary/aromatic N) is 1. The van der Waals surface area contributed by atoms with Gasteiger partial charge in [-0.1, -0.05) is 55.7 Å². The summed E-state index contributed by atoms with van der Waals surface area (Å²) < 4.78 is 11.0. The summed E-state index contributed by atoms with van der Waals surface area (Å²) in [6.07, 6.45) is 5.57. The topological polar surface area (TPSA) is 67.9 Å². The minimum absolute atomic E-state index is 0.116. The van der Waals surface area contributed by atoms with E-state index in [0.29, 0.717) is 11.5 Å². The molecule has 0 radical (unpaired) electrons. The fourth-order valence-corrected chi connectivity index (χ4v) is 5.51. The Kier molecular flexibility index (Phi) is 9.01. The number of nitrogens with one attached hydrogen (secondary N) is 1. The number of para-hydroxylation sites is 1. The van der Waals surface area contributed by atoms with Crippen LogP contribution in [0.15, 0.2) is 66.0 Å². The molecule has 6 nitrogen and oxygen atoms in total. The van der Waals surface area contributed by atoms with Gasteiger partial charge in [0.1, 0.15) is 17.5 Å². The molecule has 1 aliphatic rings. The first kappa shape index (κ1) is 25.8. The Morgan fingerprint density at radius 2 is 1.81 bits per heavy atom. The van der Waals surface area contributed by atoms with Crippen LogP contribution in [0, 0.1) is 0 Å². The second kappa shape index (κ2) is 12.6. The summed E-state index contributed by atoms with van der Waals surface area (Å²) in [5, 5.41) is 5.22. The molecule has 0 unspecified atom stereocenters. The lowest BCUT2D eigenvalue weighted by Gasteiger charge is -2.34. The molecule has 0 saturated heterocycles. The van der Waals surface area contributed by atoms with Crippen LogP contribution in [0.4, 0.5) is 0 Å². The van der Waals surface area contributed by atoms with Gasteiger partial charge in [0.2, 0.25) is 11.8 Å². The standard InChI is InChI=1S/C29H34N2O4S/c1-34-24-14-8-11-21(18-24)28(29(33)30-23-12-4-3-5-13-23)31(27(32)19-25-15-9-17-36-25)20-22-10-6-7-16-26(22)35-2/h6-11,14-18,23,28H,3-5,12-13,19-20H2,1-2H3,(H,30,33)/t28-/m1/s1. The van der Waals surface area contributed by atoms with E-state index in [2.05, 4.69) is 5.32 Å². The number of carbonyl (C=O) groups is 2. The first-order valence-electron chi connectivity index (χ1n) is 12.5. The molecule has 2 amide bonds. The van der Waals surface area contributed by atoms with Gasteiger partial charge in [-0.15, -0.1) is 11.3 Å². The summed E-state index contributed by atoms with van der Waals surface area (Å²) in [5.74, 6) is 1.05. The highest BCUT2D eigenvalue weighted by Crippen LogP contribution is 2.31. The number of ether oxygens (including phenoxy) is 2. The van der Waals surface area contributed by atoms with Gasteiger partial charge in [-0.05, 0) is 48.1 Å². The number of thiophene rings is 1. The summed E-state index contributed by atoms with van der Waals surface area (Å²) in [4.78, 5) is 30.4. The fourth-order valence-electron chi connectivity index (χ4n) is 4.82. The summed E-state index contributed by atoms with van der Waals surface area (Å²) in [7, 11) is 3.22. The molecule has 1 aliphatic carbocycles. The highest BCUT2D eigenvalue weighted by Gasteiger charge is 2.34. The Bertz CT molecular complexity index is 1140. The third-order valence-corrected chi connectivity index (χ3v) is 7.56. The molecular formula is C29H34N2O4S. The highest BCUT2D eigenvalue weighted by molar-refractivity contribution is 7.10. The molecule has 0 spiro atoms. The summed E-state index contributed by atoms with van der Waals surface area (Å²) in [6.45, 7) is 0.244. The van der Waals surface area contributed by atoms with Crippen LogP contribution in [0.2, 0.25) is 0 Å². The first-order chi connectivity index (χ1) is 17.6. The first-order valence-corrected chi connectivity index (χ1v) is 13.3. The van der Waals surface area contributed by atoms with Crippen molar-refractivity contribution in [2.75, 3.05) is 14.2 Å². The van der Waals surface area contributed by atoms with Crippen LogP contribution in [0.3, 0.4) is 0 Å². The minimum atomic E-state index is -0.806. The molecule has 1 saturated carbocycles. The van der Waals surface area contributed by atoms with Gasteiger partial charge >= 0.3 is 0 Å². The number of amides is 2. The van der Waals surface area contributed by atoms with Crippen LogP contribution in [-0.4, -0.2) is 37.0 Å². The zero-order valence-electron chi connectivity index (χ0n) is 20.9. The zero-order chi connectivity index (χ0) is 25.3. The Morgan fingerprint density at radius 1 is 1.00 bits per heavy atom. The molecule has 36 heavy (non-hydrogen) atoms. The van der Waals surface area contributed by atoms with Gasteiger partial charge < -0.3 is 19.7 Å². The molecule has 3 aromatic rings. The predicted molar refractivity (Wildman–Crippen MR) is 142 cm³/mol. The van der Waals surface area contributed by atoms with Crippen molar-refractivity contribution >= 4 is 23.2 Å². The molecule has 1 atom stereocenters. The van der Waals surface area contributed by atoms with E-state index in [1.807, 2.05) is 66.0 Å². The van der Waals surface area contributed by atoms with Crippen molar-refractivity contribution in [2.45, 2.75) is 57.2 Å². The van der Waals surface area contributed by atoms with Crippen LogP contribution in [0.1, 0.15) is 54.1 Å². The second-order valence-electron chi connectivity index (χ2n) is 9.11. The predicted octanol–water partition coefficient (Wildman–Crippen LogP) is 5.53. The molecule has 1 N–H and O–H groups in total. The average Bonchev–Trinajstić information content (AvgIpc) is 3.42. The third-order valence-electron chi connectivity index (χ3n) is 6.68. The van der Waals surface area contributed by atoms with Gasteiger partial charge in [-0.3, -0.25) is 9.59 Å². The lowest BCUT2D eigenvalue weighted by atomic mass is 9.94. The lowest BCUT2D eigenvalue weighted by Crippen LogP contribution is -2.47. The lowest BCUT2D eigenvalue weighted by molar-refractivity contribution is -0.141. The summed E-state index contributed by atoms with van der Waals surface area (Å²) in [6, 6.07) is 18.3. The average molecular weight is 507 g/mol. The van der Waals surface area contributed by atoms with Gasteiger partial charge in [-0.25, -0.2) is 0 Å². The minimum Gasteiger partial charge on any atom is -0.497 e. The van der Waals surface area contributed by atoms with Crippen molar-refractivity contribution in [3.8, 4) is 11.5 Å². The number of benzene rings is 2. The van der Waals surface area contributed by atoms with Crippen LogP contribution in [0.25, 0.3) is 0 Å². The molecule has 2 aromatic carbocycles. The summed E-state index contributed by atoms with van der Waals surface area (Å²) >= 11 is 1.54. The van der Waals surface area contributed by atoms with E-state index in [-0.39, 0.29) is 30.8 Å². The van der Waals surface area contributed by atoms with Crippen LogP contribution in [-0.2, 0) is 22.6 Å². The second-order valence-corrected chi connectivity index (χ2v) is 10.1. The molecule has 1 aromatic heterocycles.